The fraction of sp³-hybridized carbons (Fsp3) is 0.389. The van der Waals surface area contributed by atoms with Gasteiger partial charge in [-0.2, -0.15) is 5.10 Å². The molecular weight excluding hydrogens is 341 g/mol. The van der Waals surface area contributed by atoms with E-state index in [2.05, 4.69) is 10.4 Å². The van der Waals surface area contributed by atoms with E-state index in [0.29, 0.717) is 24.3 Å². The topological polar surface area (TPSA) is 93.5 Å². The van der Waals surface area contributed by atoms with Gasteiger partial charge in [0.15, 0.2) is 6.04 Å². The molecule has 1 aliphatic heterocycles. The number of aliphatic carboxylic acids is 1. The molecule has 1 aromatic carbocycles. The lowest BCUT2D eigenvalue weighted by atomic mass is 10.0. The SMILES string of the molecule is Cc1cc(C(NC(=O)c2ccn(C3CCOCC3)n2)C(=O)O)ccc1F. The van der Waals surface area contributed by atoms with E-state index >= 15 is 0 Å². The Kier molecular flexibility index (Phi) is 5.32. The van der Waals surface area contributed by atoms with Gasteiger partial charge in [-0.05, 0) is 43.0 Å². The third-order valence-electron chi connectivity index (χ3n) is 4.44. The van der Waals surface area contributed by atoms with Gasteiger partial charge in [0.25, 0.3) is 5.91 Å². The normalized spacial score (nSPS) is 16.2. The summed E-state index contributed by atoms with van der Waals surface area (Å²) in [5, 5.41) is 16.2. The number of ether oxygens (including phenoxy) is 1. The van der Waals surface area contributed by atoms with Crippen molar-refractivity contribution in [2.45, 2.75) is 31.8 Å². The maximum absolute atomic E-state index is 13.4. The van der Waals surface area contributed by atoms with Gasteiger partial charge in [-0.15, -0.1) is 0 Å². The van der Waals surface area contributed by atoms with Crippen LogP contribution >= 0.6 is 0 Å². The number of aryl methyl sites for hydroxylation is 1. The maximum Gasteiger partial charge on any atom is 0.330 e. The fourth-order valence-corrected chi connectivity index (χ4v) is 2.95. The van der Waals surface area contributed by atoms with Gasteiger partial charge in [0.05, 0.1) is 6.04 Å². The van der Waals surface area contributed by atoms with Crippen molar-refractivity contribution in [1.29, 1.82) is 0 Å². The molecule has 0 saturated carbocycles. The highest BCUT2D eigenvalue weighted by Crippen LogP contribution is 2.21. The first-order valence-corrected chi connectivity index (χ1v) is 8.38. The zero-order valence-electron chi connectivity index (χ0n) is 14.3. The van der Waals surface area contributed by atoms with Gasteiger partial charge >= 0.3 is 5.97 Å². The van der Waals surface area contributed by atoms with Gasteiger partial charge in [0.1, 0.15) is 11.5 Å². The van der Waals surface area contributed by atoms with E-state index in [1.165, 1.54) is 25.1 Å². The Balaban J connectivity index is 1.75. The van der Waals surface area contributed by atoms with Crippen molar-refractivity contribution in [2.24, 2.45) is 0 Å². The standard InChI is InChI=1S/C18H20FN3O4/c1-11-10-12(2-3-14(11)19)16(18(24)25)20-17(23)15-4-7-22(21-15)13-5-8-26-9-6-13/h2-4,7,10,13,16H,5-6,8-9H2,1H3,(H,20,23)(H,24,25). The van der Waals surface area contributed by atoms with Crippen LogP contribution in [0.1, 0.15) is 46.5 Å². The Labute approximate surface area is 149 Å². The highest BCUT2D eigenvalue weighted by molar-refractivity contribution is 5.95. The van der Waals surface area contributed by atoms with E-state index in [4.69, 9.17) is 4.74 Å². The van der Waals surface area contributed by atoms with Crippen molar-refractivity contribution in [3.8, 4) is 0 Å². The second-order valence-electron chi connectivity index (χ2n) is 6.28. The van der Waals surface area contributed by atoms with Crippen LogP contribution < -0.4 is 5.32 Å². The molecule has 2 heterocycles. The molecule has 3 rings (SSSR count). The number of nitrogens with one attached hydrogen (secondary N) is 1. The van der Waals surface area contributed by atoms with Gasteiger partial charge in [0.2, 0.25) is 0 Å². The molecule has 1 fully saturated rings. The summed E-state index contributed by atoms with van der Waals surface area (Å²) in [4.78, 5) is 24.0. The van der Waals surface area contributed by atoms with Crippen molar-refractivity contribution in [3.05, 3.63) is 53.1 Å². The number of amides is 1. The molecule has 8 heteroatoms. The van der Waals surface area contributed by atoms with Gasteiger partial charge in [-0.25, -0.2) is 9.18 Å². The van der Waals surface area contributed by atoms with Crippen molar-refractivity contribution in [2.75, 3.05) is 13.2 Å². The lowest BCUT2D eigenvalue weighted by Gasteiger charge is -2.22. The molecule has 0 aliphatic carbocycles. The zero-order chi connectivity index (χ0) is 18.7. The van der Waals surface area contributed by atoms with E-state index in [1.54, 1.807) is 16.9 Å². The minimum atomic E-state index is -1.28. The average Bonchev–Trinajstić information content (AvgIpc) is 3.13. The third kappa shape index (κ3) is 3.91. The minimum absolute atomic E-state index is 0.140. The number of hydrogen-bond acceptors (Lipinski definition) is 4. The number of hydrogen-bond donors (Lipinski definition) is 2. The van der Waals surface area contributed by atoms with Gasteiger partial charge in [-0.3, -0.25) is 9.48 Å². The molecule has 1 saturated heterocycles. The summed E-state index contributed by atoms with van der Waals surface area (Å²) in [6, 6.07) is 4.39. The number of benzene rings is 1. The predicted molar refractivity (Wildman–Crippen MR) is 90.3 cm³/mol. The van der Waals surface area contributed by atoms with Crippen molar-refractivity contribution in [1.82, 2.24) is 15.1 Å². The number of carbonyl (C=O) groups is 2. The Hall–Kier alpha value is -2.74. The maximum atomic E-state index is 13.4. The summed E-state index contributed by atoms with van der Waals surface area (Å²) < 4.78 is 20.4. The molecule has 0 spiro atoms. The van der Waals surface area contributed by atoms with Crippen LogP contribution in [0.25, 0.3) is 0 Å². The first kappa shape index (κ1) is 18.1. The smallest absolute Gasteiger partial charge is 0.330 e. The lowest BCUT2D eigenvalue weighted by molar-refractivity contribution is -0.139. The van der Waals surface area contributed by atoms with Crippen LogP contribution in [0, 0.1) is 12.7 Å². The molecule has 1 atom stereocenters. The number of aromatic nitrogens is 2. The Morgan fingerprint density at radius 1 is 1.35 bits per heavy atom. The van der Waals surface area contributed by atoms with Crippen LogP contribution in [-0.2, 0) is 9.53 Å². The summed E-state index contributed by atoms with van der Waals surface area (Å²) in [5.41, 5.74) is 0.752. The molecule has 1 aromatic heterocycles. The summed E-state index contributed by atoms with van der Waals surface area (Å²) >= 11 is 0. The van der Waals surface area contributed by atoms with Crippen LogP contribution in [0.15, 0.2) is 30.5 Å². The number of carboxylic acid groups (broad SMARTS) is 1. The van der Waals surface area contributed by atoms with E-state index in [1.807, 2.05) is 0 Å². The van der Waals surface area contributed by atoms with Crippen LogP contribution in [0.4, 0.5) is 4.39 Å². The molecular formula is C18H20FN3O4. The number of rotatable bonds is 5. The number of carboxylic acids is 1. The monoisotopic (exact) mass is 361 g/mol. The molecule has 138 valence electrons. The molecule has 0 bridgehead atoms. The average molecular weight is 361 g/mol. The summed E-state index contributed by atoms with van der Waals surface area (Å²) in [6.07, 6.45) is 3.34. The molecule has 2 N–H and O–H groups in total. The number of nitrogens with zero attached hydrogens (tertiary/aromatic N) is 2. The third-order valence-corrected chi connectivity index (χ3v) is 4.44. The highest BCUT2D eigenvalue weighted by atomic mass is 19.1. The molecule has 7 nitrogen and oxygen atoms in total. The van der Waals surface area contributed by atoms with Crippen LogP contribution in [0.5, 0.6) is 0 Å². The van der Waals surface area contributed by atoms with Crippen molar-refractivity contribution < 1.29 is 23.8 Å². The summed E-state index contributed by atoms with van der Waals surface area (Å²) in [5.74, 6) is -2.25. The van der Waals surface area contributed by atoms with Gasteiger partial charge < -0.3 is 15.2 Å². The van der Waals surface area contributed by atoms with Gasteiger partial charge in [0, 0.05) is 19.4 Å². The van der Waals surface area contributed by atoms with Gasteiger partial charge in [-0.1, -0.05) is 12.1 Å². The molecule has 1 unspecified atom stereocenters. The lowest BCUT2D eigenvalue weighted by Crippen LogP contribution is -2.34. The predicted octanol–water partition coefficient (Wildman–Crippen LogP) is 2.24. The number of halogens is 1. The Morgan fingerprint density at radius 2 is 2.08 bits per heavy atom. The van der Waals surface area contributed by atoms with E-state index in [-0.39, 0.29) is 11.7 Å². The first-order chi connectivity index (χ1) is 12.5. The van der Waals surface area contributed by atoms with Crippen molar-refractivity contribution >= 4 is 11.9 Å². The van der Waals surface area contributed by atoms with Crippen LogP contribution in [0.2, 0.25) is 0 Å². The largest absolute Gasteiger partial charge is 0.479 e. The first-order valence-electron chi connectivity index (χ1n) is 8.38. The Bertz CT molecular complexity index is 815. The molecule has 1 aliphatic rings. The van der Waals surface area contributed by atoms with E-state index in [9.17, 15) is 19.1 Å². The zero-order valence-corrected chi connectivity index (χ0v) is 14.3. The minimum Gasteiger partial charge on any atom is -0.479 e. The van der Waals surface area contributed by atoms with Crippen molar-refractivity contribution in [3.63, 3.8) is 0 Å². The van der Waals surface area contributed by atoms with Crippen LogP contribution in [-0.4, -0.2) is 40.0 Å². The summed E-state index contributed by atoms with van der Waals surface area (Å²) in [7, 11) is 0. The van der Waals surface area contributed by atoms with E-state index < -0.39 is 23.7 Å². The highest BCUT2D eigenvalue weighted by Gasteiger charge is 2.25. The summed E-state index contributed by atoms with van der Waals surface area (Å²) in [6.45, 7) is 2.84. The fourth-order valence-electron chi connectivity index (χ4n) is 2.95. The molecule has 26 heavy (non-hydrogen) atoms. The quantitative estimate of drug-likeness (QED) is 0.852. The molecule has 2 aromatic rings. The van der Waals surface area contributed by atoms with E-state index in [0.717, 1.165) is 12.8 Å². The number of carbonyl (C=O) groups excluding carboxylic acids is 1. The molecule has 1 amide bonds. The van der Waals surface area contributed by atoms with Crippen LogP contribution in [0.3, 0.4) is 0 Å². The molecule has 0 radical (unpaired) electrons. The Morgan fingerprint density at radius 3 is 2.73 bits per heavy atom. The second kappa shape index (κ2) is 7.65. The second-order valence-corrected chi connectivity index (χ2v) is 6.28.